The van der Waals surface area contributed by atoms with E-state index in [1.54, 1.807) is 36.3 Å². The quantitative estimate of drug-likeness (QED) is 0.745. The van der Waals surface area contributed by atoms with Crippen LogP contribution in [0.2, 0.25) is 0 Å². The van der Waals surface area contributed by atoms with Crippen LogP contribution in [0.4, 0.5) is 27.5 Å². The fraction of sp³-hybridized carbons (Fsp3) is 0.188. The molecule has 6 heteroatoms. The van der Waals surface area contributed by atoms with Gasteiger partial charge >= 0.3 is 6.03 Å². The zero-order valence-corrected chi connectivity index (χ0v) is 12.3. The van der Waals surface area contributed by atoms with Gasteiger partial charge in [0.1, 0.15) is 5.75 Å². The van der Waals surface area contributed by atoms with Crippen LogP contribution >= 0.6 is 0 Å². The predicted octanol–water partition coefficient (Wildman–Crippen LogP) is 2.74. The number of nitrogens with two attached hydrogens (primary N) is 1. The summed E-state index contributed by atoms with van der Waals surface area (Å²) in [5.41, 5.74) is 8.75. The lowest BCUT2D eigenvalue weighted by atomic mass is 10.2. The largest absolute Gasteiger partial charge is 0.497 e. The Labute approximate surface area is 128 Å². The summed E-state index contributed by atoms with van der Waals surface area (Å²) in [6, 6.07) is 12.5. The molecule has 1 aliphatic heterocycles. The summed E-state index contributed by atoms with van der Waals surface area (Å²) >= 11 is 0. The van der Waals surface area contributed by atoms with Gasteiger partial charge in [-0.1, -0.05) is 0 Å². The topological polar surface area (TPSA) is 79.6 Å². The van der Waals surface area contributed by atoms with E-state index in [0.29, 0.717) is 24.5 Å². The molecule has 0 spiro atoms. The van der Waals surface area contributed by atoms with Crippen molar-refractivity contribution in [2.75, 3.05) is 41.5 Å². The highest BCUT2D eigenvalue weighted by atomic mass is 16.5. The number of rotatable bonds is 2. The zero-order valence-electron chi connectivity index (χ0n) is 12.3. The SMILES string of the molecule is COc1ccc2c(c1)NCCN2C(=O)Nc1ccc(N)cc1. The molecular formula is C16H18N4O2. The molecule has 1 aliphatic rings. The smallest absolute Gasteiger partial charge is 0.326 e. The predicted molar refractivity (Wildman–Crippen MR) is 88.7 cm³/mol. The Morgan fingerprint density at radius 3 is 2.77 bits per heavy atom. The first kappa shape index (κ1) is 14.1. The van der Waals surface area contributed by atoms with Crippen molar-refractivity contribution < 1.29 is 9.53 Å². The standard InChI is InChI=1S/C16H18N4O2/c1-22-13-6-7-15-14(10-13)18-8-9-20(15)16(21)19-12-4-2-11(17)3-5-12/h2-7,10,18H,8-9,17H2,1H3,(H,19,21). The van der Waals surface area contributed by atoms with Crippen LogP contribution in [0.15, 0.2) is 42.5 Å². The minimum absolute atomic E-state index is 0.169. The number of methoxy groups -OCH3 is 1. The van der Waals surface area contributed by atoms with Crippen LogP contribution in [0.1, 0.15) is 0 Å². The van der Waals surface area contributed by atoms with Crippen molar-refractivity contribution in [1.82, 2.24) is 0 Å². The summed E-state index contributed by atoms with van der Waals surface area (Å²) in [6.07, 6.45) is 0. The molecule has 0 saturated carbocycles. The third-order valence-corrected chi connectivity index (χ3v) is 3.55. The molecule has 0 aliphatic carbocycles. The van der Waals surface area contributed by atoms with Gasteiger partial charge in [-0.3, -0.25) is 4.90 Å². The van der Waals surface area contributed by atoms with Crippen LogP contribution in [-0.4, -0.2) is 26.2 Å². The Morgan fingerprint density at radius 1 is 1.27 bits per heavy atom. The maximum absolute atomic E-state index is 12.5. The summed E-state index contributed by atoms with van der Waals surface area (Å²) in [5.74, 6) is 0.757. The molecule has 3 rings (SSSR count). The molecule has 2 amide bonds. The molecule has 0 unspecified atom stereocenters. The van der Waals surface area contributed by atoms with Gasteiger partial charge < -0.3 is 21.1 Å². The van der Waals surface area contributed by atoms with E-state index in [9.17, 15) is 4.79 Å². The molecule has 0 bridgehead atoms. The number of amides is 2. The number of urea groups is 1. The maximum Gasteiger partial charge on any atom is 0.326 e. The van der Waals surface area contributed by atoms with Crippen molar-refractivity contribution in [3.05, 3.63) is 42.5 Å². The number of carbonyl (C=O) groups is 1. The van der Waals surface area contributed by atoms with Crippen molar-refractivity contribution in [2.45, 2.75) is 0 Å². The van der Waals surface area contributed by atoms with Gasteiger partial charge in [-0.25, -0.2) is 4.79 Å². The number of hydrogen-bond acceptors (Lipinski definition) is 4. The third kappa shape index (κ3) is 2.76. The second-order valence-electron chi connectivity index (χ2n) is 5.01. The van der Waals surface area contributed by atoms with Crippen LogP contribution in [0.3, 0.4) is 0 Å². The van der Waals surface area contributed by atoms with E-state index in [4.69, 9.17) is 10.5 Å². The van der Waals surface area contributed by atoms with Crippen LogP contribution in [0, 0.1) is 0 Å². The first-order valence-corrected chi connectivity index (χ1v) is 7.03. The minimum atomic E-state index is -0.169. The molecule has 22 heavy (non-hydrogen) atoms. The molecule has 6 nitrogen and oxygen atoms in total. The molecule has 0 atom stereocenters. The fourth-order valence-electron chi connectivity index (χ4n) is 2.41. The van der Waals surface area contributed by atoms with Gasteiger partial charge in [0.15, 0.2) is 0 Å². The normalized spacial score (nSPS) is 13.0. The molecule has 2 aromatic carbocycles. The Hall–Kier alpha value is -2.89. The van der Waals surface area contributed by atoms with E-state index < -0.39 is 0 Å². The van der Waals surface area contributed by atoms with Crippen molar-refractivity contribution in [3.63, 3.8) is 0 Å². The van der Waals surface area contributed by atoms with Crippen molar-refractivity contribution in [3.8, 4) is 5.75 Å². The second kappa shape index (κ2) is 5.85. The lowest BCUT2D eigenvalue weighted by molar-refractivity contribution is 0.257. The molecule has 1 heterocycles. The van der Waals surface area contributed by atoms with E-state index in [-0.39, 0.29) is 6.03 Å². The highest BCUT2D eigenvalue weighted by Crippen LogP contribution is 2.32. The lowest BCUT2D eigenvalue weighted by Crippen LogP contribution is -2.41. The number of nitrogens with zero attached hydrogens (tertiary/aromatic N) is 1. The molecule has 4 N–H and O–H groups in total. The molecule has 0 fully saturated rings. The monoisotopic (exact) mass is 298 g/mol. The maximum atomic E-state index is 12.5. The number of fused-ring (bicyclic) bond motifs is 1. The van der Waals surface area contributed by atoms with E-state index in [1.165, 1.54) is 0 Å². The second-order valence-corrected chi connectivity index (χ2v) is 5.01. The van der Waals surface area contributed by atoms with Gasteiger partial charge in [0, 0.05) is 30.5 Å². The molecule has 2 aromatic rings. The average Bonchev–Trinajstić information content (AvgIpc) is 2.55. The molecular weight excluding hydrogens is 280 g/mol. The van der Waals surface area contributed by atoms with Crippen molar-refractivity contribution in [2.24, 2.45) is 0 Å². The van der Waals surface area contributed by atoms with Gasteiger partial charge in [0.05, 0.1) is 18.5 Å². The number of ether oxygens (including phenoxy) is 1. The number of nitrogen functional groups attached to an aromatic ring is 1. The first-order valence-electron chi connectivity index (χ1n) is 7.03. The minimum Gasteiger partial charge on any atom is -0.497 e. The summed E-state index contributed by atoms with van der Waals surface area (Å²) in [6.45, 7) is 1.29. The third-order valence-electron chi connectivity index (χ3n) is 3.55. The Morgan fingerprint density at radius 2 is 2.05 bits per heavy atom. The van der Waals surface area contributed by atoms with E-state index in [0.717, 1.165) is 17.1 Å². The van der Waals surface area contributed by atoms with Gasteiger partial charge in [0.25, 0.3) is 0 Å². The number of carbonyl (C=O) groups excluding carboxylic acids is 1. The summed E-state index contributed by atoms with van der Waals surface area (Å²) in [5, 5.41) is 6.16. The number of benzene rings is 2. The zero-order chi connectivity index (χ0) is 15.5. The van der Waals surface area contributed by atoms with Gasteiger partial charge in [0.2, 0.25) is 0 Å². The van der Waals surface area contributed by atoms with Crippen molar-refractivity contribution >= 4 is 28.8 Å². The first-order chi connectivity index (χ1) is 10.7. The lowest BCUT2D eigenvalue weighted by Gasteiger charge is -2.30. The number of nitrogens with one attached hydrogen (secondary N) is 2. The van der Waals surface area contributed by atoms with E-state index >= 15 is 0 Å². The number of anilines is 4. The Bertz CT molecular complexity index is 685. The number of hydrogen-bond donors (Lipinski definition) is 3. The average molecular weight is 298 g/mol. The Balaban J connectivity index is 1.81. The highest BCUT2D eigenvalue weighted by Gasteiger charge is 2.22. The Kier molecular flexibility index (Phi) is 3.74. The van der Waals surface area contributed by atoms with Gasteiger partial charge in [-0.05, 0) is 36.4 Å². The van der Waals surface area contributed by atoms with Crippen LogP contribution < -0.4 is 26.0 Å². The molecule has 0 radical (unpaired) electrons. The summed E-state index contributed by atoms with van der Waals surface area (Å²) in [7, 11) is 1.62. The van der Waals surface area contributed by atoms with Crippen LogP contribution in [0.5, 0.6) is 5.75 Å². The highest BCUT2D eigenvalue weighted by molar-refractivity contribution is 6.04. The molecule has 0 aromatic heterocycles. The van der Waals surface area contributed by atoms with Crippen LogP contribution in [0.25, 0.3) is 0 Å². The molecule has 0 saturated heterocycles. The van der Waals surface area contributed by atoms with Crippen molar-refractivity contribution in [1.29, 1.82) is 0 Å². The van der Waals surface area contributed by atoms with E-state index in [2.05, 4.69) is 10.6 Å². The van der Waals surface area contributed by atoms with Gasteiger partial charge in [-0.15, -0.1) is 0 Å². The molecule has 114 valence electrons. The van der Waals surface area contributed by atoms with Gasteiger partial charge in [-0.2, -0.15) is 0 Å². The van der Waals surface area contributed by atoms with Crippen LogP contribution in [-0.2, 0) is 0 Å². The fourth-order valence-corrected chi connectivity index (χ4v) is 2.41. The summed E-state index contributed by atoms with van der Waals surface area (Å²) in [4.78, 5) is 14.2. The van der Waals surface area contributed by atoms with E-state index in [1.807, 2.05) is 18.2 Å². The summed E-state index contributed by atoms with van der Waals surface area (Å²) < 4.78 is 5.21.